The molecule has 4 rings (SSSR count). The van der Waals surface area contributed by atoms with Gasteiger partial charge in [0.2, 0.25) is 5.88 Å². The Bertz CT molecular complexity index is 1280. The fourth-order valence-corrected chi connectivity index (χ4v) is 3.72. The Kier molecular flexibility index (Phi) is 7.07. The van der Waals surface area contributed by atoms with E-state index in [4.69, 9.17) is 9.47 Å². The second-order valence-electron chi connectivity index (χ2n) is 9.01. The van der Waals surface area contributed by atoms with Gasteiger partial charge in [0, 0.05) is 12.0 Å². The highest BCUT2D eigenvalue weighted by atomic mass is 16.5. The lowest BCUT2D eigenvalue weighted by atomic mass is 9.92. The largest absolute Gasteiger partial charge is 0.497 e. The minimum Gasteiger partial charge on any atom is -0.497 e. The highest BCUT2D eigenvalue weighted by Crippen LogP contribution is 2.28. The topological polar surface area (TPSA) is 90.2 Å². The molecule has 0 aliphatic carbocycles. The average molecular weight is 471 g/mol. The summed E-state index contributed by atoms with van der Waals surface area (Å²) in [5.41, 5.74) is 4.37. The maximum atomic E-state index is 10.2. The van der Waals surface area contributed by atoms with Crippen molar-refractivity contribution >= 4 is 0 Å². The number of aryl methyl sites for hydroxylation is 1. The Balaban J connectivity index is 1.53. The van der Waals surface area contributed by atoms with Gasteiger partial charge in [-0.05, 0) is 55.7 Å². The number of benzene rings is 2. The van der Waals surface area contributed by atoms with Gasteiger partial charge in [0.05, 0.1) is 29.8 Å². The summed E-state index contributed by atoms with van der Waals surface area (Å²) in [5, 5.41) is 10.2. The number of aromatic nitrogens is 4. The summed E-state index contributed by atoms with van der Waals surface area (Å²) in [7, 11) is 1.64. The Morgan fingerprint density at radius 2 is 1.63 bits per heavy atom. The third-order valence-electron chi connectivity index (χ3n) is 5.87. The van der Waals surface area contributed by atoms with Crippen LogP contribution in [0.1, 0.15) is 54.9 Å². The minimum atomic E-state index is -0.873. The molecular formula is C28H30N4O3. The summed E-state index contributed by atoms with van der Waals surface area (Å²) in [6.45, 7) is 7.87. The first-order valence-electron chi connectivity index (χ1n) is 11.5. The third kappa shape index (κ3) is 6.00. The van der Waals surface area contributed by atoms with Crippen LogP contribution < -0.4 is 9.47 Å². The zero-order valence-corrected chi connectivity index (χ0v) is 20.7. The Morgan fingerprint density at radius 3 is 2.29 bits per heavy atom. The second kappa shape index (κ2) is 10.2. The summed E-state index contributed by atoms with van der Waals surface area (Å²) >= 11 is 0. The normalized spacial score (nSPS) is 12.3. The molecule has 0 spiro atoms. The monoisotopic (exact) mass is 470 g/mol. The molecule has 4 aromatic rings. The Hall–Kier alpha value is -3.84. The first-order valence-corrected chi connectivity index (χ1v) is 11.5. The highest BCUT2D eigenvalue weighted by Gasteiger charge is 2.18. The quantitative estimate of drug-likeness (QED) is 0.378. The summed E-state index contributed by atoms with van der Waals surface area (Å²) in [4.78, 5) is 17.9. The maximum absolute atomic E-state index is 10.2. The molecule has 0 aliphatic heterocycles. The number of methoxy groups -OCH3 is 1. The van der Waals surface area contributed by atoms with E-state index >= 15 is 0 Å². The van der Waals surface area contributed by atoms with Crippen LogP contribution in [0.3, 0.4) is 0 Å². The van der Waals surface area contributed by atoms with Gasteiger partial charge < -0.3 is 14.6 Å². The van der Waals surface area contributed by atoms with Crippen LogP contribution in [0.5, 0.6) is 11.6 Å². The molecule has 2 aromatic heterocycles. The van der Waals surface area contributed by atoms with Crippen molar-refractivity contribution in [1.29, 1.82) is 0 Å². The SMILES string of the molecule is COc1ccc(COc2cc(-c3cc(C(C)c4ccc(C(C)(C)O)cc4)ncn3)nc(C)n2)cc1. The van der Waals surface area contributed by atoms with Gasteiger partial charge in [-0.3, -0.25) is 0 Å². The molecule has 7 nitrogen and oxygen atoms in total. The molecule has 1 N–H and O–H groups in total. The summed E-state index contributed by atoms with van der Waals surface area (Å²) < 4.78 is 11.1. The van der Waals surface area contributed by atoms with Crippen LogP contribution in [0.4, 0.5) is 0 Å². The van der Waals surface area contributed by atoms with Crippen molar-refractivity contribution < 1.29 is 14.6 Å². The van der Waals surface area contributed by atoms with Crippen molar-refractivity contribution in [3.8, 4) is 23.0 Å². The average Bonchev–Trinajstić information content (AvgIpc) is 2.86. The molecule has 0 saturated heterocycles. The van der Waals surface area contributed by atoms with Crippen LogP contribution in [0.2, 0.25) is 0 Å². The van der Waals surface area contributed by atoms with Crippen LogP contribution in [0, 0.1) is 6.92 Å². The van der Waals surface area contributed by atoms with Crippen LogP contribution >= 0.6 is 0 Å². The number of ether oxygens (including phenoxy) is 2. The lowest BCUT2D eigenvalue weighted by molar-refractivity contribution is 0.0786. The van der Waals surface area contributed by atoms with Gasteiger partial charge in [0.1, 0.15) is 24.5 Å². The van der Waals surface area contributed by atoms with E-state index in [1.807, 2.05) is 61.5 Å². The molecule has 0 bridgehead atoms. The van der Waals surface area contributed by atoms with Gasteiger partial charge >= 0.3 is 0 Å². The third-order valence-corrected chi connectivity index (χ3v) is 5.87. The zero-order valence-electron chi connectivity index (χ0n) is 20.7. The van der Waals surface area contributed by atoms with E-state index in [1.165, 1.54) is 0 Å². The van der Waals surface area contributed by atoms with Gasteiger partial charge in [0.25, 0.3) is 0 Å². The summed E-state index contributed by atoms with van der Waals surface area (Å²) in [5.74, 6) is 1.93. The molecule has 0 amide bonds. The van der Waals surface area contributed by atoms with E-state index in [-0.39, 0.29) is 5.92 Å². The zero-order chi connectivity index (χ0) is 25.0. The fraction of sp³-hybridized carbons (Fsp3) is 0.286. The number of hydrogen-bond donors (Lipinski definition) is 1. The fourth-order valence-electron chi connectivity index (χ4n) is 3.72. The van der Waals surface area contributed by atoms with Crippen LogP contribution in [0.25, 0.3) is 11.4 Å². The van der Waals surface area contributed by atoms with E-state index in [1.54, 1.807) is 33.4 Å². The first kappa shape index (κ1) is 24.3. The number of hydrogen-bond acceptors (Lipinski definition) is 7. The number of nitrogens with zero attached hydrogens (tertiary/aromatic N) is 4. The van der Waals surface area contributed by atoms with E-state index in [2.05, 4.69) is 26.9 Å². The predicted molar refractivity (Wildman–Crippen MR) is 134 cm³/mol. The number of aliphatic hydroxyl groups is 1. The molecule has 1 unspecified atom stereocenters. The molecule has 0 saturated carbocycles. The summed E-state index contributed by atoms with van der Waals surface area (Å²) in [6.07, 6.45) is 1.56. The van der Waals surface area contributed by atoms with Gasteiger partial charge in [-0.1, -0.05) is 43.3 Å². The van der Waals surface area contributed by atoms with E-state index in [0.717, 1.165) is 28.1 Å². The maximum Gasteiger partial charge on any atom is 0.217 e. The van der Waals surface area contributed by atoms with Crippen molar-refractivity contribution in [2.75, 3.05) is 7.11 Å². The van der Waals surface area contributed by atoms with Crippen molar-refractivity contribution in [2.45, 2.75) is 45.8 Å². The molecule has 0 fully saturated rings. The standard InChI is InChI=1S/C28H30N4O3/c1-18(21-8-10-22(11-9-21)28(3,4)33)24-14-25(30-17-29-24)26-15-27(32-19(2)31-26)35-16-20-6-12-23(34-5)13-7-20/h6-15,17-18,33H,16H2,1-5H3. The molecule has 0 radical (unpaired) electrons. The Morgan fingerprint density at radius 1 is 0.914 bits per heavy atom. The van der Waals surface area contributed by atoms with Gasteiger partial charge in [0.15, 0.2) is 0 Å². The van der Waals surface area contributed by atoms with Crippen molar-refractivity contribution in [2.24, 2.45) is 0 Å². The molecule has 0 aliphatic rings. The molecule has 180 valence electrons. The predicted octanol–water partition coefficient (Wildman–Crippen LogP) is 5.21. The van der Waals surface area contributed by atoms with Crippen molar-refractivity contribution in [3.05, 3.63) is 95.2 Å². The van der Waals surface area contributed by atoms with E-state index in [9.17, 15) is 5.11 Å². The van der Waals surface area contributed by atoms with Crippen molar-refractivity contribution in [1.82, 2.24) is 19.9 Å². The van der Waals surface area contributed by atoms with E-state index in [0.29, 0.717) is 29.7 Å². The molecule has 7 heteroatoms. The van der Waals surface area contributed by atoms with E-state index < -0.39 is 5.60 Å². The molecule has 2 heterocycles. The van der Waals surface area contributed by atoms with Crippen LogP contribution in [-0.2, 0) is 12.2 Å². The molecule has 35 heavy (non-hydrogen) atoms. The molecular weight excluding hydrogens is 440 g/mol. The van der Waals surface area contributed by atoms with Crippen LogP contribution in [-0.4, -0.2) is 32.2 Å². The number of rotatable bonds is 8. The molecule has 1 atom stereocenters. The second-order valence-corrected chi connectivity index (χ2v) is 9.01. The lowest BCUT2D eigenvalue weighted by Gasteiger charge is -2.19. The first-order chi connectivity index (χ1) is 16.7. The van der Waals surface area contributed by atoms with Gasteiger partial charge in [-0.2, -0.15) is 4.98 Å². The Labute approximate surface area is 205 Å². The van der Waals surface area contributed by atoms with Gasteiger partial charge in [-0.15, -0.1) is 0 Å². The molecule has 2 aromatic carbocycles. The summed E-state index contributed by atoms with van der Waals surface area (Å²) in [6, 6.07) is 19.4. The lowest BCUT2D eigenvalue weighted by Crippen LogP contribution is -2.15. The minimum absolute atomic E-state index is 0.0429. The van der Waals surface area contributed by atoms with Crippen molar-refractivity contribution in [3.63, 3.8) is 0 Å². The smallest absolute Gasteiger partial charge is 0.217 e. The van der Waals surface area contributed by atoms with Gasteiger partial charge in [-0.25, -0.2) is 15.0 Å². The highest BCUT2D eigenvalue weighted by molar-refractivity contribution is 5.56. The van der Waals surface area contributed by atoms with Crippen LogP contribution in [0.15, 0.2) is 67.0 Å².